The van der Waals surface area contributed by atoms with E-state index in [9.17, 15) is 0 Å². The van der Waals surface area contributed by atoms with Gasteiger partial charge in [0.25, 0.3) is 0 Å². The molecule has 0 aliphatic rings. The molecule has 0 amide bonds. The quantitative estimate of drug-likeness (QED) is 0.411. The van der Waals surface area contributed by atoms with Crippen LogP contribution in [0.5, 0.6) is 0 Å². The second kappa shape index (κ2) is 4.64. The van der Waals surface area contributed by atoms with E-state index >= 15 is 0 Å². The van der Waals surface area contributed by atoms with Crippen LogP contribution in [0.15, 0.2) is 29.3 Å². The van der Waals surface area contributed by atoms with Crippen molar-refractivity contribution in [2.45, 2.75) is 6.92 Å². The van der Waals surface area contributed by atoms with E-state index in [0.29, 0.717) is 11.4 Å². The van der Waals surface area contributed by atoms with E-state index in [-0.39, 0.29) is 0 Å². The Hall–Kier alpha value is -2.33. The molecule has 4 nitrogen and oxygen atoms in total. The van der Waals surface area contributed by atoms with Crippen LogP contribution in [-0.4, -0.2) is 5.84 Å². The fourth-order valence-electron chi connectivity index (χ4n) is 0.940. The Bertz CT molecular complexity index is 417. The molecule has 0 unspecified atom stereocenters. The molecule has 1 N–H and O–H groups in total. The normalized spacial score (nSPS) is 10.1. The van der Waals surface area contributed by atoms with Crippen molar-refractivity contribution in [1.29, 1.82) is 10.5 Å². The SMILES string of the molecule is C/C(=N/C#N)Nc1ccc(C#N)cc1. The molecule has 14 heavy (non-hydrogen) atoms. The number of aliphatic imine (C=N–C) groups is 1. The lowest BCUT2D eigenvalue weighted by molar-refractivity contribution is 1.41. The van der Waals surface area contributed by atoms with E-state index < -0.39 is 0 Å². The highest BCUT2D eigenvalue weighted by Crippen LogP contribution is 2.08. The molecule has 0 aromatic heterocycles. The molecule has 4 heteroatoms. The van der Waals surface area contributed by atoms with Crippen LogP contribution in [0.1, 0.15) is 12.5 Å². The smallest absolute Gasteiger partial charge is 0.207 e. The predicted octanol–water partition coefficient (Wildman–Crippen LogP) is 1.87. The molecule has 1 aromatic carbocycles. The first kappa shape index (κ1) is 9.76. The summed E-state index contributed by atoms with van der Waals surface area (Å²) in [6.07, 6.45) is 1.68. The zero-order valence-electron chi connectivity index (χ0n) is 7.65. The molecule has 0 aliphatic heterocycles. The Morgan fingerprint density at radius 2 is 1.93 bits per heavy atom. The minimum Gasteiger partial charge on any atom is -0.343 e. The molecule has 0 atom stereocenters. The van der Waals surface area contributed by atoms with Gasteiger partial charge in [-0.2, -0.15) is 15.5 Å². The molecule has 1 rings (SSSR count). The lowest BCUT2D eigenvalue weighted by Crippen LogP contribution is -2.06. The monoisotopic (exact) mass is 184 g/mol. The maximum Gasteiger partial charge on any atom is 0.207 e. The standard InChI is InChI=1S/C10H8N4/c1-8(13-7-12)14-10-4-2-9(6-11)3-5-10/h2-5H,1H3,(H,13,14). The molecule has 0 fully saturated rings. The Kier molecular flexibility index (Phi) is 3.23. The number of nitrogens with zero attached hydrogens (tertiary/aromatic N) is 3. The van der Waals surface area contributed by atoms with Crippen molar-refractivity contribution >= 4 is 11.5 Å². The minimum absolute atomic E-state index is 0.525. The third-order valence-corrected chi connectivity index (χ3v) is 1.56. The third kappa shape index (κ3) is 2.62. The van der Waals surface area contributed by atoms with Crippen molar-refractivity contribution in [2.75, 3.05) is 5.32 Å². The van der Waals surface area contributed by atoms with Crippen molar-refractivity contribution in [3.63, 3.8) is 0 Å². The zero-order valence-corrected chi connectivity index (χ0v) is 7.65. The number of benzene rings is 1. The number of rotatable bonds is 1. The van der Waals surface area contributed by atoms with Gasteiger partial charge in [0, 0.05) is 5.69 Å². The van der Waals surface area contributed by atoms with Crippen LogP contribution in [-0.2, 0) is 0 Å². The predicted molar refractivity (Wildman–Crippen MR) is 53.5 cm³/mol. The van der Waals surface area contributed by atoms with E-state index in [1.807, 2.05) is 6.07 Å². The number of anilines is 1. The Balaban J connectivity index is 2.76. The molecule has 0 saturated carbocycles. The number of hydrogen-bond donors (Lipinski definition) is 1. The van der Waals surface area contributed by atoms with Crippen molar-refractivity contribution in [3.8, 4) is 12.3 Å². The van der Waals surface area contributed by atoms with Gasteiger partial charge in [0.2, 0.25) is 6.19 Å². The van der Waals surface area contributed by atoms with Gasteiger partial charge in [-0.1, -0.05) is 0 Å². The van der Waals surface area contributed by atoms with Gasteiger partial charge in [-0.3, -0.25) is 0 Å². The summed E-state index contributed by atoms with van der Waals surface area (Å²) in [5, 5.41) is 19.7. The van der Waals surface area contributed by atoms with Crippen LogP contribution in [0.4, 0.5) is 5.69 Å². The van der Waals surface area contributed by atoms with Gasteiger partial charge in [0.15, 0.2) is 0 Å². The molecule has 0 aliphatic carbocycles. The average molecular weight is 184 g/mol. The van der Waals surface area contributed by atoms with Crippen molar-refractivity contribution < 1.29 is 0 Å². The number of hydrogen-bond acceptors (Lipinski definition) is 3. The van der Waals surface area contributed by atoms with E-state index in [1.165, 1.54) is 0 Å². The van der Waals surface area contributed by atoms with Crippen LogP contribution in [0, 0.1) is 22.8 Å². The number of nitriles is 2. The minimum atomic E-state index is 0.525. The zero-order chi connectivity index (χ0) is 10.4. The van der Waals surface area contributed by atoms with E-state index in [4.69, 9.17) is 10.5 Å². The summed E-state index contributed by atoms with van der Waals surface area (Å²) < 4.78 is 0. The fourth-order valence-corrected chi connectivity index (χ4v) is 0.940. The molecule has 0 spiro atoms. The topological polar surface area (TPSA) is 72.0 Å². The fraction of sp³-hybridized carbons (Fsp3) is 0.100. The van der Waals surface area contributed by atoms with E-state index in [0.717, 1.165) is 5.69 Å². The Labute approximate surface area is 82.1 Å². The van der Waals surface area contributed by atoms with Gasteiger partial charge in [0.1, 0.15) is 5.84 Å². The summed E-state index contributed by atoms with van der Waals surface area (Å²) in [6, 6.07) is 8.93. The molecular formula is C10H8N4. The van der Waals surface area contributed by atoms with Gasteiger partial charge in [-0.05, 0) is 31.2 Å². The first-order chi connectivity index (χ1) is 6.76. The first-order valence-corrected chi connectivity index (χ1v) is 3.97. The Morgan fingerprint density at radius 1 is 1.29 bits per heavy atom. The molecule has 0 saturated heterocycles. The van der Waals surface area contributed by atoms with Crippen LogP contribution in [0.25, 0.3) is 0 Å². The second-order valence-electron chi connectivity index (χ2n) is 2.61. The van der Waals surface area contributed by atoms with E-state index in [1.54, 1.807) is 37.4 Å². The summed E-state index contributed by atoms with van der Waals surface area (Å²) in [4.78, 5) is 3.51. The van der Waals surface area contributed by atoms with Crippen LogP contribution in [0.3, 0.4) is 0 Å². The lowest BCUT2D eigenvalue weighted by Gasteiger charge is -2.02. The third-order valence-electron chi connectivity index (χ3n) is 1.56. The molecule has 0 bridgehead atoms. The highest BCUT2D eigenvalue weighted by Gasteiger charge is 1.94. The molecular weight excluding hydrogens is 176 g/mol. The summed E-state index contributed by atoms with van der Waals surface area (Å²) in [5.41, 5.74) is 1.41. The average Bonchev–Trinajstić information content (AvgIpc) is 2.19. The maximum atomic E-state index is 8.56. The molecule has 0 radical (unpaired) electrons. The van der Waals surface area contributed by atoms with Gasteiger partial charge >= 0.3 is 0 Å². The van der Waals surface area contributed by atoms with Gasteiger partial charge in [-0.15, -0.1) is 0 Å². The first-order valence-electron chi connectivity index (χ1n) is 3.97. The number of nitrogens with one attached hydrogen (secondary N) is 1. The van der Waals surface area contributed by atoms with Crippen LogP contribution < -0.4 is 5.32 Å². The van der Waals surface area contributed by atoms with Crippen molar-refractivity contribution in [3.05, 3.63) is 29.8 Å². The molecule has 68 valence electrons. The van der Waals surface area contributed by atoms with Crippen LogP contribution in [0.2, 0.25) is 0 Å². The summed E-state index contributed by atoms with van der Waals surface area (Å²) in [5.74, 6) is 0.525. The maximum absolute atomic E-state index is 8.56. The van der Waals surface area contributed by atoms with Gasteiger partial charge in [-0.25, -0.2) is 0 Å². The largest absolute Gasteiger partial charge is 0.343 e. The highest BCUT2D eigenvalue weighted by atomic mass is 15.0. The summed E-state index contributed by atoms with van der Waals surface area (Å²) in [6.45, 7) is 1.70. The Morgan fingerprint density at radius 3 is 2.43 bits per heavy atom. The van der Waals surface area contributed by atoms with Crippen molar-refractivity contribution in [1.82, 2.24) is 0 Å². The van der Waals surface area contributed by atoms with Gasteiger partial charge in [0.05, 0.1) is 11.6 Å². The second-order valence-corrected chi connectivity index (χ2v) is 2.61. The summed E-state index contributed by atoms with van der Waals surface area (Å²) in [7, 11) is 0. The van der Waals surface area contributed by atoms with Gasteiger partial charge < -0.3 is 5.32 Å². The summed E-state index contributed by atoms with van der Waals surface area (Å²) >= 11 is 0. The highest BCUT2D eigenvalue weighted by molar-refractivity contribution is 5.94. The van der Waals surface area contributed by atoms with Crippen molar-refractivity contribution in [2.24, 2.45) is 4.99 Å². The molecule has 0 heterocycles. The van der Waals surface area contributed by atoms with E-state index in [2.05, 4.69) is 10.3 Å². The van der Waals surface area contributed by atoms with Crippen LogP contribution >= 0.6 is 0 Å². The molecule has 1 aromatic rings. The lowest BCUT2D eigenvalue weighted by atomic mass is 10.2. The number of amidine groups is 1.